The Kier molecular flexibility index (Phi) is 3.78. The lowest BCUT2D eigenvalue weighted by molar-refractivity contribution is -0.384. The lowest BCUT2D eigenvalue weighted by Gasteiger charge is -2.01. The molecule has 0 aliphatic rings. The molecule has 0 unspecified atom stereocenters. The predicted octanol–water partition coefficient (Wildman–Crippen LogP) is 2.72. The molecule has 0 amide bonds. The van der Waals surface area contributed by atoms with Crippen LogP contribution in [0.2, 0.25) is 0 Å². The van der Waals surface area contributed by atoms with Crippen molar-refractivity contribution in [3.05, 3.63) is 58.4 Å². The average molecular weight is 261 g/mol. The molecule has 0 aliphatic heterocycles. The second-order valence-electron chi connectivity index (χ2n) is 3.55. The Balaban J connectivity index is 2.40. The van der Waals surface area contributed by atoms with Gasteiger partial charge in [-0.05, 0) is 6.07 Å². The highest BCUT2D eigenvalue weighted by Gasteiger charge is 2.14. The second kappa shape index (κ2) is 5.50. The molecule has 0 fully saturated rings. The topological polar surface area (TPSA) is 61.0 Å². The summed E-state index contributed by atoms with van der Waals surface area (Å²) in [6.07, 6.45) is 7.13. The fraction of sp³-hybridized carbons (Fsp3) is 0.0833. The van der Waals surface area contributed by atoms with Gasteiger partial charge in [0.2, 0.25) is 0 Å². The molecule has 18 heavy (non-hydrogen) atoms. The molecule has 1 heterocycles. The molecule has 0 spiro atoms. The first-order chi connectivity index (χ1) is 8.72. The van der Waals surface area contributed by atoms with Gasteiger partial charge in [0.05, 0.1) is 11.1 Å². The van der Waals surface area contributed by atoms with Crippen molar-refractivity contribution in [1.29, 1.82) is 0 Å². The summed E-state index contributed by atoms with van der Waals surface area (Å²) < 4.78 is 1.50. The summed E-state index contributed by atoms with van der Waals surface area (Å²) in [7, 11) is 0. The van der Waals surface area contributed by atoms with E-state index in [4.69, 9.17) is 0 Å². The zero-order chi connectivity index (χ0) is 13.0. The van der Waals surface area contributed by atoms with Crippen molar-refractivity contribution in [3.63, 3.8) is 0 Å². The molecule has 0 bridgehead atoms. The van der Waals surface area contributed by atoms with Crippen LogP contribution in [-0.4, -0.2) is 20.5 Å². The molecule has 0 N–H and O–H groups in total. The summed E-state index contributed by atoms with van der Waals surface area (Å²) in [6.45, 7) is 0. The first-order valence-electron chi connectivity index (χ1n) is 5.28. The van der Waals surface area contributed by atoms with Crippen LogP contribution in [0.3, 0.4) is 0 Å². The van der Waals surface area contributed by atoms with Gasteiger partial charge in [-0.2, -0.15) is 17.7 Å². The molecule has 0 saturated heterocycles. The van der Waals surface area contributed by atoms with E-state index < -0.39 is 4.92 Å². The Bertz CT molecular complexity index is 593. The van der Waals surface area contributed by atoms with E-state index in [0.29, 0.717) is 11.4 Å². The van der Waals surface area contributed by atoms with Gasteiger partial charge in [-0.1, -0.05) is 24.3 Å². The molecule has 0 radical (unpaired) electrons. The first kappa shape index (κ1) is 12.4. The monoisotopic (exact) mass is 261 g/mol. The lowest BCUT2D eigenvalue weighted by Crippen LogP contribution is -1.99. The molecule has 6 heteroatoms. The van der Waals surface area contributed by atoms with Crippen LogP contribution in [0.5, 0.6) is 0 Å². The van der Waals surface area contributed by atoms with Gasteiger partial charge in [0.1, 0.15) is 5.69 Å². The number of hydrogen-bond donors (Lipinski definition) is 1. The molecule has 2 rings (SSSR count). The summed E-state index contributed by atoms with van der Waals surface area (Å²) in [5.41, 5.74) is 1.36. The van der Waals surface area contributed by atoms with Crippen molar-refractivity contribution in [1.82, 2.24) is 9.78 Å². The van der Waals surface area contributed by atoms with E-state index in [1.807, 2.05) is 12.2 Å². The molecule has 0 atom stereocenters. The van der Waals surface area contributed by atoms with Gasteiger partial charge >= 0.3 is 0 Å². The highest BCUT2D eigenvalue weighted by Crippen LogP contribution is 2.21. The van der Waals surface area contributed by atoms with Crippen molar-refractivity contribution in [2.45, 2.75) is 0 Å². The van der Waals surface area contributed by atoms with Gasteiger partial charge in [-0.3, -0.25) is 10.1 Å². The number of nitrogens with zero attached hydrogens (tertiary/aromatic N) is 3. The van der Waals surface area contributed by atoms with Gasteiger partial charge in [0.15, 0.2) is 0 Å². The summed E-state index contributed by atoms with van der Waals surface area (Å²) in [4.78, 5) is 10.5. The van der Waals surface area contributed by atoms with Gasteiger partial charge in [0.25, 0.3) is 5.69 Å². The van der Waals surface area contributed by atoms with Gasteiger partial charge < -0.3 is 0 Å². The van der Waals surface area contributed by atoms with Crippen molar-refractivity contribution in [2.24, 2.45) is 0 Å². The van der Waals surface area contributed by atoms with Crippen LogP contribution in [0, 0.1) is 10.1 Å². The number of rotatable bonds is 4. The third-order valence-corrected chi connectivity index (χ3v) is 2.55. The van der Waals surface area contributed by atoms with Crippen LogP contribution in [0.4, 0.5) is 5.69 Å². The van der Waals surface area contributed by atoms with E-state index in [1.54, 1.807) is 30.6 Å². The van der Waals surface area contributed by atoms with Crippen molar-refractivity contribution >= 4 is 24.4 Å². The van der Waals surface area contributed by atoms with Crippen molar-refractivity contribution in [2.75, 3.05) is 5.75 Å². The zero-order valence-electron chi connectivity index (χ0n) is 9.43. The highest BCUT2D eigenvalue weighted by molar-refractivity contribution is 7.80. The van der Waals surface area contributed by atoms with Gasteiger partial charge in [-0.25, -0.2) is 4.68 Å². The molecular formula is C12H11N3O2S. The molecule has 1 aromatic carbocycles. The Labute approximate surface area is 109 Å². The Morgan fingerprint density at radius 3 is 2.94 bits per heavy atom. The van der Waals surface area contributed by atoms with E-state index in [-0.39, 0.29) is 5.69 Å². The first-order valence-corrected chi connectivity index (χ1v) is 5.91. The van der Waals surface area contributed by atoms with Crippen LogP contribution in [0.1, 0.15) is 5.56 Å². The number of benzene rings is 1. The summed E-state index contributed by atoms with van der Waals surface area (Å²) in [5, 5.41) is 15.0. The third kappa shape index (κ3) is 2.60. The lowest BCUT2D eigenvalue weighted by atomic mass is 10.2. The molecule has 1 aromatic heterocycles. The largest absolute Gasteiger partial charge is 0.294 e. The molecular weight excluding hydrogens is 250 g/mol. The number of thiol groups is 1. The Morgan fingerprint density at radius 2 is 2.22 bits per heavy atom. The van der Waals surface area contributed by atoms with Crippen molar-refractivity contribution < 1.29 is 4.92 Å². The quantitative estimate of drug-likeness (QED) is 0.523. The van der Waals surface area contributed by atoms with Crippen LogP contribution >= 0.6 is 12.6 Å². The predicted molar refractivity (Wildman–Crippen MR) is 73.1 cm³/mol. The van der Waals surface area contributed by atoms with E-state index in [1.165, 1.54) is 10.7 Å². The fourth-order valence-electron chi connectivity index (χ4n) is 1.56. The zero-order valence-corrected chi connectivity index (χ0v) is 10.3. The number of hydrogen-bond acceptors (Lipinski definition) is 4. The maximum atomic E-state index is 10.9. The van der Waals surface area contributed by atoms with E-state index in [0.717, 1.165) is 5.56 Å². The Morgan fingerprint density at radius 1 is 1.44 bits per heavy atom. The average Bonchev–Trinajstić information content (AvgIpc) is 2.85. The number of para-hydroxylation sites is 2. The fourth-order valence-corrected chi connectivity index (χ4v) is 1.66. The molecule has 5 nitrogen and oxygen atoms in total. The highest BCUT2D eigenvalue weighted by atomic mass is 32.1. The van der Waals surface area contributed by atoms with Gasteiger partial charge in [0, 0.05) is 23.6 Å². The smallest absolute Gasteiger partial charge is 0.258 e. The van der Waals surface area contributed by atoms with E-state index in [2.05, 4.69) is 17.7 Å². The number of nitro benzene ring substituents is 1. The third-order valence-electron chi connectivity index (χ3n) is 2.34. The maximum absolute atomic E-state index is 10.9. The number of aromatic nitrogens is 2. The van der Waals surface area contributed by atoms with Crippen LogP contribution < -0.4 is 0 Å². The minimum atomic E-state index is -0.416. The summed E-state index contributed by atoms with van der Waals surface area (Å²) >= 11 is 4.07. The molecule has 92 valence electrons. The Hall–Kier alpha value is -2.08. The van der Waals surface area contributed by atoms with Crippen LogP contribution in [-0.2, 0) is 0 Å². The minimum absolute atomic E-state index is 0.0327. The normalized spacial score (nSPS) is 10.9. The van der Waals surface area contributed by atoms with E-state index in [9.17, 15) is 10.1 Å². The molecule has 2 aromatic rings. The van der Waals surface area contributed by atoms with Crippen LogP contribution in [0.25, 0.3) is 11.8 Å². The summed E-state index contributed by atoms with van der Waals surface area (Å²) in [5.74, 6) is 0.636. The maximum Gasteiger partial charge on any atom is 0.294 e. The second-order valence-corrected chi connectivity index (χ2v) is 3.91. The number of nitro groups is 1. The SMILES string of the molecule is O=[N+]([O-])c1ccccc1-n1cc(C=CCS)cn1. The van der Waals surface area contributed by atoms with E-state index >= 15 is 0 Å². The van der Waals surface area contributed by atoms with Gasteiger partial charge in [-0.15, -0.1) is 0 Å². The summed E-state index contributed by atoms with van der Waals surface area (Å²) in [6, 6.07) is 6.50. The molecule has 0 saturated carbocycles. The standard InChI is InChI=1S/C12H11N3O2S/c16-15(17)12-6-2-1-5-11(12)14-9-10(8-13-14)4-3-7-18/h1-6,8-9,18H,7H2. The minimum Gasteiger partial charge on any atom is -0.258 e. The van der Waals surface area contributed by atoms with Crippen molar-refractivity contribution in [3.8, 4) is 5.69 Å². The molecule has 0 aliphatic carbocycles. The van der Waals surface area contributed by atoms with Crippen LogP contribution in [0.15, 0.2) is 42.7 Å².